The zero-order valence-electron chi connectivity index (χ0n) is 11.8. The maximum Gasteiger partial charge on any atom is 0.176 e. The molecule has 3 aromatic carbocycles. The largest absolute Gasteiger partial charge is 0.503 e. The summed E-state index contributed by atoms with van der Waals surface area (Å²) in [7, 11) is 0. The molecular formula is C18H11BrO3S. The molecule has 1 N–H and O–H groups in total. The average molecular weight is 387 g/mol. The third-order valence-electron chi connectivity index (χ3n) is 3.36. The van der Waals surface area contributed by atoms with Gasteiger partial charge in [-0.1, -0.05) is 45.9 Å². The van der Waals surface area contributed by atoms with Gasteiger partial charge in [-0.05, 0) is 42.5 Å². The molecule has 0 radical (unpaired) electrons. The summed E-state index contributed by atoms with van der Waals surface area (Å²) < 4.78 is 12.5. The van der Waals surface area contributed by atoms with E-state index < -0.39 is 0 Å². The molecule has 0 aromatic heterocycles. The molecule has 1 aliphatic heterocycles. The van der Waals surface area contributed by atoms with Gasteiger partial charge in [-0.25, -0.2) is 0 Å². The van der Waals surface area contributed by atoms with Crippen LogP contribution in [0, 0.1) is 0 Å². The number of hydrogen-bond acceptors (Lipinski definition) is 4. The molecule has 0 unspecified atom stereocenters. The van der Waals surface area contributed by atoms with E-state index in [0.717, 1.165) is 15.1 Å². The summed E-state index contributed by atoms with van der Waals surface area (Å²) in [5, 5.41) is 10.6. The molecule has 1 heterocycles. The maximum absolute atomic E-state index is 10.6. The SMILES string of the molecule is Oc1c(Oc2cccc(Br)c2)ccc2c1Sc1ccccc1O2. The van der Waals surface area contributed by atoms with E-state index in [2.05, 4.69) is 15.9 Å². The van der Waals surface area contributed by atoms with Crippen LogP contribution in [0.5, 0.6) is 28.7 Å². The Hall–Kier alpha value is -2.11. The first-order chi connectivity index (χ1) is 11.2. The number of halogens is 1. The Kier molecular flexibility index (Phi) is 3.67. The first-order valence-corrected chi connectivity index (χ1v) is 8.56. The first kappa shape index (κ1) is 14.5. The minimum atomic E-state index is 0.0852. The van der Waals surface area contributed by atoms with Crippen molar-refractivity contribution in [2.24, 2.45) is 0 Å². The summed E-state index contributed by atoms with van der Waals surface area (Å²) in [6.07, 6.45) is 0. The second-order valence-electron chi connectivity index (χ2n) is 4.95. The van der Waals surface area contributed by atoms with E-state index in [-0.39, 0.29) is 5.75 Å². The number of para-hydroxylation sites is 1. The summed E-state index contributed by atoms with van der Waals surface area (Å²) >= 11 is 4.88. The van der Waals surface area contributed by atoms with Crippen molar-refractivity contribution in [2.75, 3.05) is 0 Å². The van der Waals surface area contributed by atoms with Crippen LogP contribution in [0.4, 0.5) is 0 Å². The summed E-state index contributed by atoms with van der Waals surface area (Å²) in [4.78, 5) is 1.63. The Morgan fingerprint density at radius 1 is 0.957 bits per heavy atom. The fourth-order valence-electron chi connectivity index (χ4n) is 2.30. The van der Waals surface area contributed by atoms with Crippen LogP contribution < -0.4 is 9.47 Å². The van der Waals surface area contributed by atoms with E-state index >= 15 is 0 Å². The van der Waals surface area contributed by atoms with Gasteiger partial charge in [0.05, 0.1) is 4.90 Å². The second-order valence-corrected chi connectivity index (χ2v) is 6.92. The molecule has 3 nitrogen and oxygen atoms in total. The number of aromatic hydroxyl groups is 1. The Balaban J connectivity index is 1.70. The van der Waals surface area contributed by atoms with Crippen LogP contribution in [0.25, 0.3) is 0 Å². The Labute approximate surface area is 146 Å². The van der Waals surface area contributed by atoms with Gasteiger partial charge in [0.2, 0.25) is 0 Å². The number of fused-ring (bicyclic) bond motifs is 2. The topological polar surface area (TPSA) is 38.7 Å². The number of phenols is 1. The normalized spacial score (nSPS) is 12.0. The van der Waals surface area contributed by atoms with Crippen LogP contribution in [0.15, 0.2) is 74.9 Å². The van der Waals surface area contributed by atoms with E-state index in [1.165, 1.54) is 11.8 Å². The number of phenolic OH excluding ortho intramolecular Hbond substituents is 1. The molecule has 0 saturated heterocycles. The van der Waals surface area contributed by atoms with E-state index in [0.29, 0.717) is 22.1 Å². The monoisotopic (exact) mass is 386 g/mol. The molecule has 0 fully saturated rings. The molecule has 1 aliphatic rings. The van der Waals surface area contributed by atoms with Gasteiger partial charge in [-0.3, -0.25) is 0 Å². The lowest BCUT2D eigenvalue weighted by molar-refractivity contribution is 0.387. The highest BCUT2D eigenvalue weighted by Crippen LogP contribution is 2.53. The first-order valence-electron chi connectivity index (χ1n) is 6.95. The highest BCUT2D eigenvalue weighted by molar-refractivity contribution is 9.10. The molecule has 0 amide bonds. The Morgan fingerprint density at radius 2 is 1.83 bits per heavy atom. The van der Waals surface area contributed by atoms with Gasteiger partial charge in [0, 0.05) is 4.47 Å². The summed E-state index contributed by atoms with van der Waals surface area (Å²) in [6, 6.07) is 18.7. The zero-order chi connectivity index (χ0) is 15.8. The fraction of sp³-hybridized carbons (Fsp3) is 0. The predicted molar refractivity (Wildman–Crippen MR) is 93.0 cm³/mol. The van der Waals surface area contributed by atoms with E-state index in [9.17, 15) is 5.11 Å². The highest BCUT2D eigenvalue weighted by Gasteiger charge is 2.23. The lowest BCUT2D eigenvalue weighted by atomic mass is 10.2. The van der Waals surface area contributed by atoms with Crippen LogP contribution >= 0.6 is 27.7 Å². The van der Waals surface area contributed by atoms with Crippen molar-refractivity contribution in [3.05, 3.63) is 65.1 Å². The van der Waals surface area contributed by atoms with Crippen LogP contribution in [0.3, 0.4) is 0 Å². The van der Waals surface area contributed by atoms with E-state index in [1.54, 1.807) is 6.07 Å². The molecule has 4 rings (SSSR count). The quantitative estimate of drug-likeness (QED) is 0.444. The molecule has 0 bridgehead atoms. The van der Waals surface area contributed by atoms with Crippen LogP contribution in [-0.4, -0.2) is 5.11 Å². The van der Waals surface area contributed by atoms with Crippen LogP contribution in [-0.2, 0) is 0 Å². The van der Waals surface area contributed by atoms with Gasteiger partial charge in [0.1, 0.15) is 22.1 Å². The van der Waals surface area contributed by atoms with E-state index in [1.807, 2.05) is 54.6 Å². The van der Waals surface area contributed by atoms with Gasteiger partial charge < -0.3 is 14.6 Å². The van der Waals surface area contributed by atoms with E-state index in [4.69, 9.17) is 9.47 Å². The van der Waals surface area contributed by atoms with Crippen molar-refractivity contribution in [3.63, 3.8) is 0 Å². The van der Waals surface area contributed by atoms with Crippen molar-refractivity contribution in [1.82, 2.24) is 0 Å². The molecule has 114 valence electrons. The maximum atomic E-state index is 10.6. The molecule has 0 aliphatic carbocycles. The minimum absolute atomic E-state index is 0.0852. The lowest BCUT2D eigenvalue weighted by Crippen LogP contribution is -1.96. The highest BCUT2D eigenvalue weighted by atomic mass is 79.9. The van der Waals surface area contributed by atoms with Crippen LogP contribution in [0.1, 0.15) is 0 Å². The van der Waals surface area contributed by atoms with Gasteiger partial charge in [-0.2, -0.15) is 0 Å². The molecule has 0 spiro atoms. The second kappa shape index (κ2) is 5.83. The molecule has 5 heteroatoms. The molecule has 3 aromatic rings. The summed E-state index contributed by atoms with van der Waals surface area (Å²) in [5.74, 6) is 2.56. The van der Waals surface area contributed by atoms with Crippen LogP contribution in [0.2, 0.25) is 0 Å². The van der Waals surface area contributed by atoms with Crippen molar-refractivity contribution < 1.29 is 14.6 Å². The van der Waals surface area contributed by atoms with Gasteiger partial charge in [0.25, 0.3) is 0 Å². The van der Waals surface area contributed by atoms with Gasteiger partial charge in [-0.15, -0.1) is 0 Å². The van der Waals surface area contributed by atoms with Gasteiger partial charge in [0.15, 0.2) is 11.5 Å². The number of ether oxygens (including phenoxy) is 2. The minimum Gasteiger partial charge on any atom is -0.503 e. The third-order valence-corrected chi connectivity index (χ3v) is 5.01. The van der Waals surface area contributed by atoms with Crippen molar-refractivity contribution in [3.8, 4) is 28.7 Å². The smallest absolute Gasteiger partial charge is 0.176 e. The summed E-state index contributed by atoms with van der Waals surface area (Å²) in [5.41, 5.74) is 0. The average Bonchev–Trinajstić information content (AvgIpc) is 2.56. The van der Waals surface area contributed by atoms with Gasteiger partial charge >= 0.3 is 0 Å². The van der Waals surface area contributed by atoms with Crippen molar-refractivity contribution >= 4 is 27.7 Å². The molecular weight excluding hydrogens is 376 g/mol. The number of benzene rings is 3. The van der Waals surface area contributed by atoms with Crippen molar-refractivity contribution in [2.45, 2.75) is 9.79 Å². The molecule has 0 saturated carbocycles. The third kappa shape index (κ3) is 2.78. The van der Waals surface area contributed by atoms with Crippen molar-refractivity contribution in [1.29, 1.82) is 0 Å². The molecule has 0 atom stereocenters. The fourth-order valence-corrected chi connectivity index (χ4v) is 3.66. The molecule has 23 heavy (non-hydrogen) atoms. The number of hydrogen-bond donors (Lipinski definition) is 1. The predicted octanol–water partition coefficient (Wildman–Crippen LogP) is 6.20. The zero-order valence-corrected chi connectivity index (χ0v) is 14.2. The summed E-state index contributed by atoms with van der Waals surface area (Å²) in [6.45, 7) is 0. The standard InChI is InChI=1S/C18H11BrO3S/c19-11-4-3-5-12(10-11)21-14-8-9-15-18(17(14)20)23-16-7-2-1-6-13(16)22-15/h1-10,20H. The Bertz CT molecular complexity index is 895. The Morgan fingerprint density at radius 3 is 2.70 bits per heavy atom. The number of rotatable bonds is 2. The lowest BCUT2D eigenvalue weighted by Gasteiger charge is -2.21.